The largest absolute Gasteiger partial charge is 0.465 e. The molecule has 2 fully saturated rings. The second kappa shape index (κ2) is 10.0. The van der Waals surface area contributed by atoms with Crippen LogP contribution in [-0.4, -0.2) is 65.9 Å². The van der Waals surface area contributed by atoms with Gasteiger partial charge in [-0.15, -0.1) is 0 Å². The van der Waals surface area contributed by atoms with E-state index in [0.29, 0.717) is 13.0 Å². The summed E-state index contributed by atoms with van der Waals surface area (Å²) in [6.07, 6.45) is 1.02. The van der Waals surface area contributed by atoms with Crippen LogP contribution in [-0.2, 0) is 19.1 Å². The molecule has 2 heterocycles. The minimum absolute atomic E-state index is 0.106. The van der Waals surface area contributed by atoms with Crippen LogP contribution < -0.4 is 4.90 Å². The van der Waals surface area contributed by atoms with Gasteiger partial charge >= 0.3 is 5.97 Å². The van der Waals surface area contributed by atoms with Crippen molar-refractivity contribution < 1.29 is 33.6 Å². The van der Waals surface area contributed by atoms with E-state index in [1.54, 1.807) is 0 Å². The number of esters is 1. The molecule has 182 valence electrons. The summed E-state index contributed by atoms with van der Waals surface area (Å²) in [7, 11) is 1.25. The number of benzene rings is 2. The number of imide groups is 1. The Bertz CT molecular complexity index is 1160. The molecule has 0 N–H and O–H groups in total. The number of non-ortho nitro benzene ring substituents is 1. The number of anilines is 1. The van der Waals surface area contributed by atoms with Gasteiger partial charge in [-0.3, -0.25) is 24.5 Å². The van der Waals surface area contributed by atoms with Gasteiger partial charge in [0.2, 0.25) is 5.91 Å². The number of nitro groups is 1. The minimum Gasteiger partial charge on any atom is -0.465 e. The van der Waals surface area contributed by atoms with E-state index in [1.807, 2.05) is 0 Å². The third-order valence-electron chi connectivity index (χ3n) is 6.06. The lowest BCUT2D eigenvalue weighted by molar-refractivity contribution is -0.384. The Kier molecular flexibility index (Phi) is 6.87. The predicted octanol–water partition coefficient (Wildman–Crippen LogP) is 2.33. The zero-order valence-corrected chi connectivity index (χ0v) is 18.9. The van der Waals surface area contributed by atoms with Gasteiger partial charge in [-0.2, -0.15) is 0 Å². The van der Waals surface area contributed by atoms with E-state index in [4.69, 9.17) is 4.74 Å². The Morgan fingerprint density at radius 2 is 1.77 bits per heavy atom. The zero-order chi connectivity index (χ0) is 25.1. The Balaban J connectivity index is 1.61. The van der Waals surface area contributed by atoms with Crippen molar-refractivity contribution in [2.75, 3.05) is 25.2 Å². The Hall–Kier alpha value is -4.12. The van der Waals surface area contributed by atoms with Crippen molar-refractivity contribution in [1.82, 2.24) is 4.90 Å². The first-order chi connectivity index (χ1) is 16.8. The number of nitrogens with zero attached hydrogens (tertiary/aromatic N) is 3. The lowest BCUT2D eigenvalue weighted by atomic mass is 10.1. The second-order valence-corrected chi connectivity index (χ2v) is 8.22. The molecule has 0 spiro atoms. The molecule has 4 rings (SSSR count). The van der Waals surface area contributed by atoms with Gasteiger partial charge in [0.25, 0.3) is 17.5 Å². The molecule has 2 unspecified atom stereocenters. The number of nitro benzene ring substituents is 1. The van der Waals surface area contributed by atoms with E-state index >= 15 is 0 Å². The standard InChI is InChI=1S/C24H23N3O8/c1-34-24(31)16-6-8-17(9-7-16)26-21(28)13-20(23(26)30)25(14-19-3-2-12-35-19)22(29)15-4-10-18(11-5-15)27(32)33/h4-11,19-20H,2-3,12-14H2,1H3. The fourth-order valence-corrected chi connectivity index (χ4v) is 4.25. The Labute approximate surface area is 200 Å². The van der Waals surface area contributed by atoms with Gasteiger partial charge in [0.1, 0.15) is 6.04 Å². The molecule has 0 bridgehead atoms. The van der Waals surface area contributed by atoms with Crippen LogP contribution in [0.5, 0.6) is 0 Å². The molecule has 2 aliphatic heterocycles. The maximum atomic E-state index is 13.4. The summed E-state index contributed by atoms with van der Waals surface area (Å²) < 4.78 is 10.3. The van der Waals surface area contributed by atoms with E-state index in [9.17, 15) is 29.3 Å². The van der Waals surface area contributed by atoms with Crippen LogP contribution in [0.3, 0.4) is 0 Å². The van der Waals surface area contributed by atoms with Crippen LogP contribution >= 0.6 is 0 Å². The van der Waals surface area contributed by atoms with Crippen LogP contribution in [0.2, 0.25) is 0 Å². The molecule has 2 aliphatic rings. The lowest BCUT2D eigenvalue weighted by Gasteiger charge is -2.30. The fraction of sp³-hybridized carbons (Fsp3) is 0.333. The van der Waals surface area contributed by atoms with Crippen molar-refractivity contribution in [1.29, 1.82) is 0 Å². The second-order valence-electron chi connectivity index (χ2n) is 8.22. The van der Waals surface area contributed by atoms with Crippen molar-refractivity contribution >= 4 is 35.1 Å². The van der Waals surface area contributed by atoms with E-state index in [-0.39, 0.29) is 41.6 Å². The molecule has 0 aliphatic carbocycles. The van der Waals surface area contributed by atoms with Crippen molar-refractivity contribution in [3.63, 3.8) is 0 Å². The van der Waals surface area contributed by atoms with Gasteiger partial charge in [0, 0.05) is 30.8 Å². The van der Waals surface area contributed by atoms with Gasteiger partial charge in [0.15, 0.2) is 0 Å². The van der Waals surface area contributed by atoms with Crippen LogP contribution in [0.25, 0.3) is 0 Å². The van der Waals surface area contributed by atoms with E-state index in [0.717, 1.165) is 11.3 Å². The van der Waals surface area contributed by atoms with E-state index < -0.39 is 34.7 Å². The first-order valence-electron chi connectivity index (χ1n) is 11.0. The van der Waals surface area contributed by atoms with E-state index in [1.165, 1.54) is 60.5 Å². The number of amides is 3. The highest BCUT2D eigenvalue weighted by atomic mass is 16.6. The number of hydrogen-bond donors (Lipinski definition) is 0. The number of carbonyl (C=O) groups excluding carboxylic acids is 4. The Morgan fingerprint density at radius 1 is 1.11 bits per heavy atom. The molecular formula is C24H23N3O8. The molecular weight excluding hydrogens is 458 g/mol. The van der Waals surface area contributed by atoms with Crippen molar-refractivity contribution in [2.24, 2.45) is 0 Å². The van der Waals surface area contributed by atoms with Gasteiger partial charge < -0.3 is 14.4 Å². The zero-order valence-electron chi connectivity index (χ0n) is 18.9. The first-order valence-corrected chi connectivity index (χ1v) is 11.0. The van der Waals surface area contributed by atoms with Crippen LogP contribution in [0, 0.1) is 10.1 Å². The molecule has 0 aromatic heterocycles. The summed E-state index contributed by atoms with van der Waals surface area (Å²) >= 11 is 0. The number of rotatable bonds is 7. The number of methoxy groups -OCH3 is 1. The molecule has 3 amide bonds. The Morgan fingerprint density at radius 3 is 2.34 bits per heavy atom. The molecule has 11 nitrogen and oxygen atoms in total. The average Bonchev–Trinajstić information content (AvgIpc) is 3.49. The summed E-state index contributed by atoms with van der Waals surface area (Å²) in [5, 5.41) is 11.0. The monoisotopic (exact) mass is 481 g/mol. The average molecular weight is 481 g/mol. The fourth-order valence-electron chi connectivity index (χ4n) is 4.25. The van der Waals surface area contributed by atoms with Crippen LogP contribution in [0.15, 0.2) is 48.5 Å². The highest BCUT2D eigenvalue weighted by molar-refractivity contribution is 6.23. The SMILES string of the molecule is COC(=O)c1ccc(N2C(=O)CC(N(CC3CCCO3)C(=O)c3ccc([N+](=O)[O-])cc3)C2=O)cc1. The summed E-state index contributed by atoms with van der Waals surface area (Å²) in [6.45, 7) is 0.648. The smallest absolute Gasteiger partial charge is 0.337 e. The molecule has 0 radical (unpaired) electrons. The molecule has 0 saturated carbocycles. The molecule has 2 atom stereocenters. The summed E-state index contributed by atoms with van der Waals surface area (Å²) in [5.74, 6) is -2.14. The quantitative estimate of drug-likeness (QED) is 0.254. The highest BCUT2D eigenvalue weighted by Gasteiger charge is 2.45. The van der Waals surface area contributed by atoms with Crippen LogP contribution in [0.4, 0.5) is 11.4 Å². The maximum absolute atomic E-state index is 13.4. The summed E-state index contributed by atoms with van der Waals surface area (Å²) in [4.78, 5) is 64.0. The minimum atomic E-state index is -1.06. The van der Waals surface area contributed by atoms with E-state index in [2.05, 4.69) is 4.74 Å². The third-order valence-corrected chi connectivity index (χ3v) is 6.06. The first kappa shape index (κ1) is 24.0. The summed E-state index contributed by atoms with van der Waals surface area (Å²) in [6, 6.07) is 9.85. The predicted molar refractivity (Wildman–Crippen MR) is 122 cm³/mol. The topological polar surface area (TPSA) is 136 Å². The lowest BCUT2D eigenvalue weighted by Crippen LogP contribution is -2.48. The van der Waals surface area contributed by atoms with Gasteiger partial charge in [-0.1, -0.05) is 0 Å². The van der Waals surface area contributed by atoms with Gasteiger partial charge in [-0.25, -0.2) is 9.69 Å². The van der Waals surface area contributed by atoms with Gasteiger partial charge in [0.05, 0.1) is 35.8 Å². The molecule has 35 heavy (non-hydrogen) atoms. The van der Waals surface area contributed by atoms with Crippen molar-refractivity contribution in [3.05, 3.63) is 69.8 Å². The van der Waals surface area contributed by atoms with Crippen molar-refractivity contribution in [3.8, 4) is 0 Å². The van der Waals surface area contributed by atoms with Crippen molar-refractivity contribution in [2.45, 2.75) is 31.4 Å². The molecule has 2 aromatic carbocycles. The number of ether oxygens (including phenoxy) is 2. The highest BCUT2D eigenvalue weighted by Crippen LogP contribution is 2.28. The third kappa shape index (κ3) is 4.90. The van der Waals surface area contributed by atoms with Crippen LogP contribution in [0.1, 0.15) is 40.0 Å². The normalized spacial score (nSPS) is 19.6. The number of hydrogen-bond acceptors (Lipinski definition) is 8. The molecule has 2 aromatic rings. The molecule has 2 saturated heterocycles. The number of carbonyl (C=O) groups is 4. The van der Waals surface area contributed by atoms with Gasteiger partial charge in [-0.05, 0) is 49.2 Å². The molecule has 11 heteroatoms. The summed E-state index contributed by atoms with van der Waals surface area (Å²) in [5.41, 5.74) is 0.533. The maximum Gasteiger partial charge on any atom is 0.337 e.